The highest BCUT2D eigenvalue weighted by molar-refractivity contribution is 6.01. The Hall–Kier alpha value is -5.51. The Morgan fingerprint density at radius 2 is 1.74 bits per heavy atom. The first-order valence-corrected chi connectivity index (χ1v) is 15.3. The van der Waals surface area contributed by atoms with E-state index in [2.05, 4.69) is 15.3 Å². The number of hydrogen-bond acceptors (Lipinski definition) is 8. The van der Waals surface area contributed by atoms with Gasteiger partial charge in [-0.1, -0.05) is 59.7 Å². The van der Waals surface area contributed by atoms with E-state index in [1.807, 2.05) is 72.8 Å². The number of methoxy groups -OCH3 is 2. The fourth-order valence-corrected chi connectivity index (χ4v) is 5.56. The van der Waals surface area contributed by atoms with Gasteiger partial charge in [-0.05, 0) is 71.1 Å². The molecule has 0 saturated carbocycles. The maximum atomic E-state index is 14.6. The number of benzene rings is 4. The van der Waals surface area contributed by atoms with E-state index in [1.165, 1.54) is 0 Å². The molecule has 0 radical (unpaired) electrons. The summed E-state index contributed by atoms with van der Waals surface area (Å²) in [6, 6.07) is 29.4. The third-order valence-corrected chi connectivity index (χ3v) is 7.90. The lowest BCUT2D eigenvalue weighted by molar-refractivity contribution is -0.128. The second kappa shape index (κ2) is 15.7. The fraction of sp³-hybridized carbons (Fsp3) is 0.278. The number of nitrogens with zero attached hydrogens (tertiary/aromatic N) is 4. The minimum Gasteiger partial charge on any atom is -0.497 e. The standard InChI is InChI=1S/C36H37N5O6/c1-44-30-12-7-11-27(23-30)33-36(24-28-10-3-5-13-31(28)40-41-37,35(43)38-20-19-25-9-4-6-14-32(25)45-2)39-34(47-33)26-15-17-29(18-16-26)46-22-8-21-42/h3-7,9-18,23,33,42H,8,19-22,24H2,1-2H3,(H,38,43)/t33-,36-/m1/s1. The molecule has 1 heterocycles. The highest BCUT2D eigenvalue weighted by Gasteiger charge is 2.53. The second-order valence-electron chi connectivity index (χ2n) is 10.9. The van der Waals surface area contributed by atoms with Crippen molar-refractivity contribution in [2.45, 2.75) is 30.9 Å². The summed E-state index contributed by atoms with van der Waals surface area (Å²) in [5.41, 5.74) is 11.1. The number of hydrogen-bond donors (Lipinski definition) is 2. The third-order valence-electron chi connectivity index (χ3n) is 7.90. The van der Waals surface area contributed by atoms with E-state index in [1.54, 1.807) is 38.5 Å². The predicted molar refractivity (Wildman–Crippen MR) is 178 cm³/mol. The number of aliphatic hydroxyl groups excluding tert-OH is 1. The Morgan fingerprint density at radius 3 is 2.49 bits per heavy atom. The van der Waals surface area contributed by atoms with Gasteiger partial charge in [0.05, 0.1) is 20.8 Å². The van der Waals surface area contributed by atoms with Crippen molar-refractivity contribution in [1.82, 2.24) is 5.32 Å². The molecule has 11 heteroatoms. The lowest BCUT2D eigenvalue weighted by Crippen LogP contribution is -2.50. The van der Waals surface area contributed by atoms with Gasteiger partial charge in [0, 0.05) is 42.2 Å². The Kier molecular flexibility index (Phi) is 11.0. The predicted octanol–water partition coefficient (Wildman–Crippen LogP) is 6.27. The number of aliphatic imine (C=N–C) groups is 1. The van der Waals surface area contributed by atoms with Gasteiger partial charge < -0.3 is 29.4 Å². The largest absolute Gasteiger partial charge is 0.497 e. The van der Waals surface area contributed by atoms with Crippen molar-refractivity contribution < 1.29 is 28.8 Å². The third kappa shape index (κ3) is 7.66. The molecule has 2 atom stereocenters. The van der Waals surface area contributed by atoms with Crippen molar-refractivity contribution in [2.24, 2.45) is 10.1 Å². The minimum atomic E-state index is -1.50. The Morgan fingerprint density at radius 1 is 0.979 bits per heavy atom. The number of carbonyl (C=O) groups is 1. The summed E-state index contributed by atoms with van der Waals surface area (Å²) in [5, 5.41) is 16.1. The van der Waals surface area contributed by atoms with Crippen molar-refractivity contribution in [3.8, 4) is 17.2 Å². The molecule has 1 aliphatic rings. The van der Waals surface area contributed by atoms with Crippen LogP contribution in [0.1, 0.15) is 34.8 Å². The van der Waals surface area contributed by atoms with Crippen LogP contribution in [0.4, 0.5) is 5.69 Å². The van der Waals surface area contributed by atoms with Crippen LogP contribution in [0.2, 0.25) is 0 Å². The Balaban J connectivity index is 1.57. The minimum absolute atomic E-state index is 0.0419. The smallest absolute Gasteiger partial charge is 0.252 e. The molecular weight excluding hydrogens is 598 g/mol. The van der Waals surface area contributed by atoms with E-state index in [4.69, 9.17) is 29.0 Å². The van der Waals surface area contributed by atoms with Crippen LogP contribution < -0.4 is 19.5 Å². The van der Waals surface area contributed by atoms with Gasteiger partial charge in [0.25, 0.3) is 5.91 Å². The molecule has 5 rings (SSSR count). The summed E-state index contributed by atoms with van der Waals surface area (Å²) in [4.78, 5) is 22.7. The van der Waals surface area contributed by atoms with E-state index >= 15 is 0 Å². The van der Waals surface area contributed by atoms with Gasteiger partial charge in [0.2, 0.25) is 5.90 Å². The molecule has 0 bridgehead atoms. The molecule has 0 aliphatic carbocycles. The van der Waals surface area contributed by atoms with Crippen LogP contribution in [-0.4, -0.2) is 56.4 Å². The van der Waals surface area contributed by atoms with Crippen molar-refractivity contribution in [3.05, 3.63) is 130 Å². The van der Waals surface area contributed by atoms with Gasteiger partial charge >= 0.3 is 0 Å². The van der Waals surface area contributed by atoms with E-state index in [-0.39, 0.29) is 24.8 Å². The number of ether oxygens (including phenoxy) is 4. The molecule has 11 nitrogen and oxygen atoms in total. The Labute approximate surface area is 273 Å². The van der Waals surface area contributed by atoms with Crippen LogP contribution in [0.25, 0.3) is 10.4 Å². The van der Waals surface area contributed by atoms with Gasteiger partial charge in [0.1, 0.15) is 17.2 Å². The highest BCUT2D eigenvalue weighted by Crippen LogP contribution is 2.44. The molecule has 2 N–H and O–H groups in total. The first-order chi connectivity index (χ1) is 23.0. The zero-order chi connectivity index (χ0) is 33.1. The van der Waals surface area contributed by atoms with Crippen LogP contribution in [0.5, 0.6) is 17.2 Å². The fourth-order valence-electron chi connectivity index (χ4n) is 5.56. The van der Waals surface area contributed by atoms with Crippen LogP contribution in [-0.2, 0) is 22.4 Å². The topological polar surface area (TPSA) is 147 Å². The number of aliphatic hydroxyl groups is 1. The lowest BCUT2D eigenvalue weighted by Gasteiger charge is -2.31. The molecule has 242 valence electrons. The molecule has 47 heavy (non-hydrogen) atoms. The monoisotopic (exact) mass is 635 g/mol. The maximum absolute atomic E-state index is 14.6. The number of carbonyl (C=O) groups excluding carboxylic acids is 1. The Bertz CT molecular complexity index is 1750. The number of amides is 1. The highest BCUT2D eigenvalue weighted by atomic mass is 16.5. The normalized spacial score (nSPS) is 16.7. The zero-order valence-electron chi connectivity index (χ0n) is 26.3. The summed E-state index contributed by atoms with van der Waals surface area (Å²) in [7, 11) is 3.20. The zero-order valence-corrected chi connectivity index (χ0v) is 26.3. The molecule has 0 unspecified atom stereocenters. The van der Waals surface area contributed by atoms with Crippen molar-refractivity contribution in [1.29, 1.82) is 0 Å². The van der Waals surface area contributed by atoms with Gasteiger partial charge in [-0.15, -0.1) is 0 Å². The summed E-state index contributed by atoms with van der Waals surface area (Å²) in [5.74, 6) is 1.90. The average molecular weight is 636 g/mol. The summed E-state index contributed by atoms with van der Waals surface area (Å²) in [6.45, 7) is 0.739. The van der Waals surface area contributed by atoms with Gasteiger partial charge in [-0.3, -0.25) is 4.79 Å². The van der Waals surface area contributed by atoms with Crippen molar-refractivity contribution >= 4 is 17.5 Å². The second-order valence-corrected chi connectivity index (χ2v) is 10.9. The first kappa shape index (κ1) is 32.9. The van der Waals surface area contributed by atoms with Crippen LogP contribution >= 0.6 is 0 Å². The number of rotatable bonds is 15. The molecule has 0 saturated heterocycles. The first-order valence-electron chi connectivity index (χ1n) is 15.3. The van der Waals surface area contributed by atoms with Crippen LogP contribution in [0, 0.1) is 0 Å². The molecule has 1 aliphatic heterocycles. The van der Waals surface area contributed by atoms with E-state index in [0.29, 0.717) is 59.9 Å². The van der Waals surface area contributed by atoms with E-state index < -0.39 is 11.6 Å². The molecule has 4 aromatic rings. The SMILES string of the molecule is COc1cccc([C@H]2OC(c3ccc(OCCCO)cc3)=N[C@@]2(Cc2ccccc2N=[N+]=[N-])C(=O)NCCc2ccccc2OC)c1. The molecule has 0 aromatic heterocycles. The summed E-state index contributed by atoms with van der Waals surface area (Å²) < 4.78 is 23.4. The average Bonchev–Trinajstić information content (AvgIpc) is 3.50. The lowest BCUT2D eigenvalue weighted by atomic mass is 9.81. The van der Waals surface area contributed by atoms with Crippen LogP contribution in [0.3, 0.4) is 0 Å². The maximum Gasteiger partial charge on any atom is 0.252 e. The van der Waals surface area contributed by atoms with Gasteiger partial charge in [-0.25, -0.2) is 4.99 Å². The number of nitrogens with one attached hydrogen (secondary N) is 1. The van der Waals surface area contributed by atoms with Gasteiger partial charge in [0.15, 0.2) is 11.6 Å². The van der Waals surface area contributed by atoms with Gasteiger partial charge in [-0.2, -0.15) is 0 Å². The molecule has 1 amide bonds. The summed E-state index contributed by atoms with van der Waals surface area (Å²) >= 11 is 0. The molecule has 4 aromatic carbocycles. The van der Waals surface area contributed by atoms with E-state index in [0.717, 1.165) is 11.3 Å². The van der Waals surface area contributed by atoms with Crippen LogP contribution in [0.15, 0.2) is 107 Å². The quantitative estimate of drug-likeness (QED) is 0.0682. The molecule has 0 fully saturated rings. The van der Waals surface area contributed by atoms with Crippen molar-refractivity contribution in [3.63, 3.8) is 0 Å². The molecular formula is C36H37N5O6. The molecule has 0 spiro atoms. The van der Waals surface area contributed by atoms with Crippen molar-refractivity contribution in [2.75, 3.05) is 34.0 Å². The number of azide groups is 1. The summed E-state index contributed by atoms with van der Waals surface area (Å²) in [6.07, 6.45) is 0.265. The van der Waals surface area contributed by atoms with E-state index in [9.17, 15) is 10.3 Å². The number of para-hydroxylation sites is 1.